The van der Waals surface area contributed by atoms with E-state index in [9.17, 15) is 14.9 Å². The van der Waals surface area contributed by atoms with E-state index in [1.807, 2.05) is 36.4 Å². The van der Waals surface area contributed by atoms with Crippen molar-refractivity contribution in [3.8, 4) is 12.0 Å². The minimum absolute atomic E-state index is 0.0285. The van der Waals surface area contributed by atoms with Crippen molar-refractivity contribution in [2.75, 3.05) is 6.61 Å². The summed E-state index contributed by atoms with van der Waals surface area (Å²) < 4.78 is 12.4. The number of nitriles is 1. The van der Waals surface area contributed by atoms with Gasteiger partial charge in [0.15, 0.2) is 6.61 Å². The Morgan fingerprint density at radius 1 is 1.16 bits per heavy atom. The van der Waals surface area contributed by atoms with Gasteiger partial charge in [-0.15, -0.1) is 0 Å². The highest BCUT2D eigenvalue weighted by Crippen LogP contribution is 2.26. The van der Waals surface area contributed by atoms with Gasteiger partial charge in [0.25, 0.3) is 5.91 Å². The van der Waals surface area contributed by atoms with Gasteiger partial charge in [-0.2, -0.15) is 5.26 Å². The number of ether oxygens (including phenoxy) is 1. The Morgan fingerprint density at radius 2 is 1.84 bits per heavy atom. The number of nitrogens with one attached hydrogen (secondary N) is 1. The van der Waals surface area contributed by atoms with E-state index in [0.29, 0.717) is 5.92 Å². The summed E-state index contributed by atoms with van der Waals surface area (Å²) in [5, 5.41) is 12.5. The summed E-state index contributed by atoms with van der Waals surface area (Å²) in [7, 11) is 0. The number of esters is 1. The summed E-state index contributed by atoms with van der Waals surface area (Å²) >= 11 is 0. The molecule has 3 aromatic rings. The predicted octanol–water partition coefficient (Wildman–Crippen LogP) is 4.31. The van der Waals surface area contributed by atoms with E-state index in [1.165, 1.54) is 0 Å². The zero-order valence-electron chi connectivity index (χ0n) is 17.8. The van der Waals surface area contributed by atoms with E-state index in [0.717, 1.165) is 12.0 Å². The van der Waals surface area contributed by atoms with Crippen molar-refractivity contribution in [3.05, 3.63) is 77.3 Å². The molecule has 160 valence electrons. The predicted molar refractivity (Wildman–Crippen MR) is 115 cm³/mol. The molecule has 0 bridgehead atoms. The van der Waals surface area contributed by atoms with Crippen molar-refractivity contribution in [2.24, 2.45) is 5.92 Å². The molecule has 0 unspecified atom stereocenters. The van der Waals surface area contributed by atoms with Crippen LogP contribution in [0.25, 0.3) is 5.88 Å². The van der Waals surface area contributed by atoms with Crippen LogP contribution in [-0.2, 0) is 9.53 Å². The van der Waals surface area contributed by atoms with E-state index >= 15 is 0 Å². The topological polar surface area (TPSA) is 97.3 Å². The fourth-order valence-electron chi connectivity index (χ4n) is 3.41. The Morgan fingerprint density at radius 3 is 2.45 bits per heavy atom. The quantitative estimate of drug-likeness (QED) is 0.549. The average molecular weight is 419 g/mol. The lowest BCUT2D eigenvalue weighted by atomic mass is 9.97. The van der Waals surface area contributed by atoms with E-state index in [4.69, 9.17) is 9.15 Å². The number of hydrogen-bond acceptors (Lipinski definition) is 5. The third kappa shape index (κ3) is 5.23. The molecule has 0 aliphatic rings. The van der Waals surface area contributed by atoms with E-state index in [-0.39, 0.29) is 28.8 Å². The molecule has 31 heavy (non-hydrogen) atoms. The lowest BCUT2D eigenvalue weighted by molar-refractivity contribution is -0.125. The minimum Gasteiger partial charge on any atom is -0.452 e. The number of furan rings is 1. The van der Waals surface area contributed by atoms with Crippen LogP contribution >= 0.6 is 0 Å². The second-order valence-electron chi connectivity index (χ2n) is 7.65. The van der Waals surface area contributed by atoms with Crippen LogP contribution in [-0.4, -0.2) is 23.1 Å². The molecule has 0 radical (unpaired) electrons. The van der Waals surface area contributed by atoms with Gasteiger partial charge in [-0.05, 0) is 37.0 Å². The molecule has 1 atom stereocenters. The molecule has 0 spiro atoms. The number of carbonyl (C=O) groups is 2. The SMILES string of the molecule is Cc1oc(-n2cccc2)c(C#N)c1C(=O)OCC(=O)N[C@H](CC(C)C)c1ccccc1. The average Bonchev–Trinajstić information content (AvgIpc) is 3.39. The van der Waals surface area contributed by atoms with E-state index in [2.05, 4.69) is 19.2 Å². The molecule has 0 aliphatic carbocycles. The Kier molecular flexibility index (Phi) is 6.93. The maximum absolute atomic E-state index is 12.6. The summed E-state index contributed by atoms with van der Waals surface area (Å²) in [6, 6.07) is 15.0. The van der Waals surface area contributed by atoms with Gasteiger partial charge in [-0.3, -0.25) is 9.36 Å². The van der Waals surface area contributed by atoms with Crippen LogP contribution in [0.3, 0.4) is 0 Å². The summed E-state index contributed by atoms with van der Waals surface area (Å²) in [4.78, 5) is 25.1. The number of hydrogen-bond donors (Lipinski definition) is 1. The zero-order chi connectivity index (χ0) is 22.4. The molecule has 0 saturated carbocycles. The second kappa shape index (κ2) is 9.81. The van der Waals surface area contributed by atoms with Crippen LogP contribution in [0.5, 0.6) is 0 Å². The van der Waals surface area contributed by atoms with Crippen molar-refractivity contribution in [2.45, 2.75) is 33.2 Å². The first kappa shape index (κ1) is 21.9. The summed E-state index contributed by atoms with van der Waals surface area (Å²) in [5.74, 6) is -0.318. The fraction of sp³-hybridized carbons (Fsp3) is 0.292. The molecular weight excluding hydrogens is 394 g/mol. The molecule has 7 nitrogen and oxygen atoms in total. The molecule has 2 heterocycles. The maximum Gasteiger partial charge on any atom is 0.343 e. The number of aromatic nitrogens is 1. The molecule has 0 fully saturated rings. The van der Waals surface area contributed by atoms with Gasteiger partial charge in [0, 0.05) is 12.4 Å². The second-order valence-corrected chi connectivity index (χ2v) is 7.65. The highest BCUT2D eigenvalue weighted by Gasteiger charge is 2.26. The number of amides is 1. The lowest BCUT2D eigenvalue weighted by Crippen LogP contribution is -2.33. The van der Waals surface area contributed by atoms with Gasteiger partial charge < -0.3 is 14.5 Å². The molecule has 7 heteroatoms. The molecule has 1 aromatic carbocycles. The van der Waals surface area contributed by atoms with Crippen molar-refractivity contribution in [3.63, 3.8) is 0 Å². The van der Waals surface area contributed by atoms with Gasteiger partial charge in [0.2, 0.25) is 5.88 Å². The highest BCUT2D eigenvalue weighted by atomic mass is 16.5. The Hall–Kier alpha value is -3.79. The lowest BCUT2D eigenvalue weighted by Gasteiger charge is -2.21. The first-order valence-corrected chi connectivity index (χ1v) is 10.1. The molecule has 1 N–H and O–H groups in total. The van der Waals surface area contributed by atoms with Crippen LogP contribution in [0.4, 0.5) is 0 Å². The Labute approximate surface area is 181 Å². The molecule has 2 aromatic heterocycles. The van der Waals surface area contributed by atoms with Crippen LogP contribution in [0, 0.1) is 24.2 Å². The van der Waals surface area contributed by atoms with Gasteiger partial charge >= 0.3 is 5.97 Å². The third-order valence-corrected chi connectivity index (χ3v) is 4.80. The standard InChI is InChI=1S/C24H25N3O4/c1-16(2)13-20(18-9-5-4-6-10-18)26-21(28)15-30-24(29)22-17(3)31-23(19(22)14-25)27-11-7-8-12-27/h4-12,16,20H,13,15H2,1-3H3,(H,26,28)/t20-/m1/s1. The normalized spacial score (nSPS) is 11.7. The number of nitrogens with zero attached hydrogens (tertiary/aromatic N) is 2. The molecule has 0 saturated heterocycles. The van der Waals surface area contributed by atoms with Crippen LogP contribution < -0.4 is 5.32 Å². The molecule has 1 amide bonds. The van der Waals surface area contributed by atoms with Crippen LogP contribution in [0.15, 0.2) is 59.3 Å². The van der Waals surface area contributed by atoms with E-state index < -0.39 is 18.5 Å². The van der Waals surface area contributed by atoms with Gasteiger partial charge in [0.05, 0.1) is 6.04 Å². The van der Waals surface area contributed by atoms with Gasteiger partial charge in [0.1, 0.15) is 23.0 Å². The third-order valence-electron chi connectivity index (χ3n) is 4.80. The molecule has 0 aliphatic heterocycles. The van der Waals surface area contributed by atoms with Crippen molar-refractivity contribution in [1.82, 2.24) is 9.88 Å². The Balaban J connectivity index is 1.69. The van der Waals surface area contributed by atoms with Gasteiger partial charge in [-0.25, -0.2) is 4.79 Å². The summed E-state index contributed by atoms with van der Waals surface area (Å²) in [6.07, 6.45) is 4.17. The largest absolute Gasteiger partial charge is 0.452 e. The van der Waals surface area contributed by atoms with Gasteiger partial charge in [-0.1, -0.05) is 44.2 Å². The van der Waals surface area contributed by atoms with Crippen molar-refractivity contribution < 1.29 is 18.7 Å². The zero-order valence-corrected chi connectivity index (χ0v) is 17.8. The number of rotatable bonds is 8. The minimum atomic E-state index is -0.772. The smallest absolute Gasteiger partial charge is 0.343 e. The molecular formula is C24H25N3O4. The van der Waals surface area contributed by atoms with Crippen LogP contribution in [0.1, 0.15) is 53.6 Å². The number of benzene rings is 1. The summed E-state index contributed by atoms with van der Waals surface area (Å²) in [5.41, 5.74) is 1.09. The maximum atomic E-state index is 12.6. The molecule has 3 rings (SSSR count). The first-order valence-electron chi connectivity index (χ1n) is 10.1. The van der Waals surface area contributed by atoms with E-state index in [1.54, 1.807) is 36.0 Å². The van der Waals surface area contributed by atoms with Crippen molar-refractivity contribution >= 4 is 11.9 Å². The Bertz CT molecular complexity index is 1080. The first-order chi connectivity index (χ1) is 14.9. The monoisotopic (exact) mass is 419 g/mol. The number of aryl methyl sites for hydroxylation is 1. The number of carbonyl (C=O) groups excluding carboxylic acids is 2. The highest BCUT2D eigenvalue weighted by molar-refractivity contribution is 5.95. The van der Waals surface area contributed by atoms with Crippen molar-refractivity contribution in [1.29, 1.82) is 5.26 Å². The fourth-order valence-corrected chi connectivity index (χ4v) is 3.41. The summed E-state index contributed by atoms with van der Waals surface area (Å²) in [6.45, 7) is 5.29. The van der Waals surface area contributed by atoms with Crippen LogP contribution in [0.2, 0.25) is 0 Å².